The molecule has 0 atom stereocenters. The SMILES string of the molecule is CCCN1CCC[N+](C)=C1c1ccc(C2=[N+](C)CCCN2CCC)cc1. The third-order valence-electron chi connectivity index (χ3n) is 5.55. The summed E-state index contributed by atoms with van der Waals surface area (Å²) in [4.78, 5) is 5.11. The van der Waals surface area contributed by atoms with Gasteiger partial charge in [-0.3, -0.25) is 19.0 Å². The summed E-state index contributed by atoms with van der Waals surface area (Å²) in [5.74, 6) is 2.80. The molecule has 1 aromatic carbocycles. The molecule has 0 spiro atoms. The first kappa shape index (κ1) is 18.9. The molecule has 2 aliphatic rings. The molecule has 0 saturated heterocycles. The van der Waals surface area contributed by atoms with Crippen LogP contribution in [0.3, 0.4) is 0 Å². The smallest absolute Gasteiger partial charge is 0.264 e. The van der Waals surface area contributed by atoms with Crippen molar-refractivity contribution < 1.29 is 9.15 Å². The van der Waals surface area contributed by atoms with Gasteiger partial charge in [0.25, 0.3) is 11.7 Å². The molecule has 2 aliphatic heterocycles. The van der Waals surface area contributed by atoms with Crippen molar-refractivity contribution in [1.29, 1.82) is 0 Å². The Morgan fingerprint density at radius 1 is 0.731 bits per heavy atom. The Morgan fingerprint density at radius 3 is 1.46 bits per heavy atom. The molecule has 0 bridgehead atoms. The van der Waals surface area contributed by atoms with Gasteiger partial charge in [-0.1, -0.05) is 13.8 Å². The molecule has 26 heavy (non-hydrogen) atoms. The Bertz CT molecular complexity index is 613. The van der Waals surface area contributed by atoms with Gasteiger partial charge in [0.05, 0.1) is 64.5 Å². The van der Waals surface area contributed by atoms with Crippen molar-refractivity contribution in [1.82, 2.24) is 9.80 Å². The van der Waals surface area contributed by atoms with Gasteiger partial charge in [0.1, 0.15) is 0 Å². The number of benzene rings is 1. The van der Waals surface area contributed by atoms with E-state index < -0.39 is 0 Å². The maximum absolute atomic E-state index is 2.56. The maximum Gasteiger partial charge on any atom is 0.278 e. The van der Waals surface area contributed by atoms with Crippen molar-refractivity contribution in [2.24, 2.45) is 0 Å². The van der Waals surface area contributed by atoms with Gasteiger partial charge in [-0.05, 0) is 37.1 Å². The van der Waals surface area contributed by atoms with Crippen LogP contribution in [0.4, 0.5) is 0 Å². The van der Waals surface area contributed by atoms with Crippen molar-refractivity contribution in [3.8, 4) is 0 Å². The zero-order valence-corrected chi connectivity index (χ0v) is 17.2. The third-order valence-corrected chi connectivity index (χ3v) is 5.55. The molecular weight excluding hydrogens is 320 g/mol. The van der Waals surface area contributed by atoms with Crippen molar-refractivity contribution in [2.75, 3.05) is 53.4 Å². The van der Waals surface area contributed by atoms with Crippen molar-refractivity contribution in [3.63, 3.8) is 0 Å². The van der Waals surface area contributed by atoms with Gasteiger partial charge in [-0.25, -0.2) is 0 Å². The van der Waals surface area contributed by atoms with Gasteiger partial charge in [-0.15, -0.1) is 0 Å². The first-order valence-electron chi connectivity index (χ1n) is 10.4. The van der Waals surface area contributed by atoms with Crippen LogP contribution in [-0.2, 0) is 0 Å². The molecule has 4 heteroatoms. The summed E-state index contributed by atoms with van der Waals surface area (Å²) in [5.41, 5.74) is 2.70. The standard InChI is InChI=1S/C22H36N4/c1-5-13-25-17-7-15-23(3)21(25)19-9-11-20(12-10-19)22-24(4)16-8-18-26(22)14-6-2/h9-12H,5-8,13-18H2,1-4H3/q+2. The lowest BCUT2D eigenvalue weighted by molar-refractivity contribution is -0.508. The second-order valence-corrected chi connectivity index (χ2v) is 7.75. The summed E-state index contributed by atoms with van der Waals surface area (Å²) in [7, 11) is 4.47. The first-order valence-corrected chi connectivity index (χ1v) is 10.4. The highest BCUT2D eigenvalue weighted by atomic mass is 15.3. The fraction of sp³-hybridized carbons (Fsp3) is 0.636. The maximum atomic E-state index is 2.56. The van der Waals surface area contributed by atoms with Gasteiger partial charge >= 0.3 is 0 Å². The average Bonchev–Trinajstić information content (AvgIpc) is 2.63. The fourth-order valence-electron chi connectivity index (χ4n) is 4.45. The fourth-order valence-corrected chi connectivity index (χ4v) is 4.45. The summed E-state index contributed by atoms with van der Waals surface area (Å²) < 4.78 is 4.86. The number of nitrogens with zero attached hydrogens (tertiary/aromatic N) is 4. The molecule has 0 unspecified atom stereocenters. The number of amidine groups is 2. The van der Waals surface area contributed by atoms with E-state index in [-0.39, 0.29) is 0 Å². The summed E-state index contributed by atoms with van der Waals surface area (Å²) in [5, 5.41) is 0. The molecular formula is C22H36N4+2. The summed E-state index contributed by atoms with van der Waals surface area (Å²) in [6, 6.07) is 9.31. The Hall–Kier alpha value is -1.84. The van der Waals surface area contributed by atoms with E-state index in [1.54, 1.807) is 0 Å². The minimum absolute atomic E-state index is 1.14. The molecule has 0 aliphatic carbocycles. The van der Waals surface area contributed by atoms with E-state index in [9.17, 15) is 0 Å². The number of hydrogen-bond acceptors (Lipinski definition) is 2. The van der Waals surface area contributed by atoms with Crippen molar-refractivity contribution >= 4 is 11.7 Å². The third kappa shape index (κ3) is 3.94. The predicted octanol–water partition coefficient (Wildman–Crippen LogP) is 2.70. The van der Waals surface area contributed by atoms with E-state index in [0.29, 0.717) is 0 Å². The molecule has 0 radical (unpaired) electrons. The van der Waals surface area contributed by atoms with E-state index in [0.717, 1.165) is 26.2 Å². The van der Waals surface area contributed by atoms with Crippen molar-refractivity contribution in [2.45, 2.75) is 39.5 Å². The van der Waals surface area contributed by atoms with E-state index in [4.69, 9.17) is 0 Å². The van der Waals surface area contributed by atoms with Gasteiger partial charge in [0.2, 0.25) is 0 Å². The molecule has 3 rings (SSSR count). The van der Waals surface area contributed by atoms with E-state index in [1.807, 2.05) is 0 Å². The minimum atomic E-state index is 1.14. The molecule has 0 aromatic heterocycles. The van der Waals surface area contributed by atoms with E-state index >= 15 is 0 Å². The lowest BCUT2D eigenvalue weighted by Crippen LogP contribution is -2.44. The molecule has 142 valence electrons. The molecule has 1 aromatic rings. The topological polar surface area (TPSA) is 12.5 Å². The highest BCUT2D eigenvalue weighted by molar-refractivity contribution is 5.98. The molecule has 4 nitrogen and oxygen atoms in total. The van der Waals surface area contributed by atoms with Crippen LogP contribution in [0.5, 0.6) is 0 Å². The first-order chi connectivity index (χ1) is 12.7. The average molecular weight is 357 g/mol. The molecule has 0 saturated carbocycles. The summed E-state index contributed by atoms with van der Waals surface area (Å²) >= 11 is 0. The lowest BCUT2D eigenvalue weighted by Gasteiger charge is -2.27. The number of hydrogen-bond donors (Lipinski definition) is 0. The molecule has 0 amide bonds. The summed E-state index contributed by atoms with van der Waals surface area (Å²) in [6.07, 6.45) is 4.91. The van der Waals surface area contributed by atoms with Crippen LogP contribution in [0.1, 0.15) is 50.7 Å². The lowest BCUT2D eigenvalue weighted by atomic mass is 10.1. The molecule has 2 heterocycles. The largest absolute Gasteiger partial charge is 0.278 e. The van der Waals surface area contributed by atoms with Crippen LogP contribution >= 0.6 is 0 Å². The van der Waals surface area contributed by atoms with Crippen LogP contribution in [0.15, 0.2) is 24.3 Å². The monoisotopic (exact) mass is 356 g/mol. The second-order valence-electron chi connectivity index (χ2n) is 7.75. The van der Waals surface area contributed by atoms with Gasteiger partial charge in [-0.2, -0.15) is 0 Å². The number of rotatable bonds is 6. The predicted molar refractivity (Wildman–Crippen MR) is 110 cm³/mol. The van der Waals surface area contributed by atoms with Gasteiger partial charge in [0.15, 0.2) is 0 Å². The minimum Gasteiger partial charge on any atom is -0.264 e. The van der Waals surface area contributed by atoms with Crippen molar-refractivity contribution in [3.05, 3.63) is 35.4 Å². The van der Waals surface area contributed by atoms with Crippen LogP contribution < -0.4 is 0 Å². The highest BCUT2D eigenvalue weighted by Crippen LogP contribution is 2.16. The zero-order valence-electron chi connectivity index (χ0n) is 17.2. The van der Waals surface area contributed by atoms with Gasteiger partial charge in [0, 0.05) is 12.8 Å². The second kappa shape index (κ2) is 8.70. The summed E-state index contributed by atoms with van der Waals surface area (Å²) in [6.45, 7) is 11.5. The van der Waals surface area contributed by atoms with Crippen LogP contribution in [-0.4, -0.2) is 84.0 Å². The van der Waals surface area contributed by atoms with Crippen LogP contribution in [0, 0.1) is 0 Å². The van der Waals surface area contributed by atoms with Crippen LogP contribution in [0.2, 0.25) is 0 Å². The van der Waals surface area contributed by atoms with E-state index in [2.05, 4.69) is 71.2 Å². The molecule has 0 N–H and O–H groups in total. The van der Waals surface area contributed by atoms with Gasteiger partial charge < -0.3 is 0 Å². The highest BCUT2D eigenvalue weighted by Gasteiger charge is 2.29. The molecule has 0 fully saturated rings. The Balaban J connectivity index is 1.90. The van der Waals surface area contributed by atoms with E-state index in [1.165, 1.54) is 61.6 Å². The zero-order chi connectivity index (χ0) is 18.5. The Morgan fingerprint density at radius 2 is 1.12 bits per heavy atom. The Kier molecular flexibility index (Phi) is 6.33. The Labute approximate surface area is 159 Å². The normalized spacial score (nSPS) is 18.8. The quantitative estimate of drug-likeness (QED) is 0.727. The van der Waals surface area contributed by atoms with Crippen LogP contribution in [0.25, 0.3) is 0 Å².